The molecule has 1 aliphatic heterocycles. The number of ether oxygens (including phenoxy) is 1. The number of Topliss-reactive ketones (excluding diaryl/α,β-unsaturated/α-hetero) is 1. The first-order valence-corrected chi connectivity index (χ1v) is 10.2. The van der Waals surface area contributed by atoms with Crippen molar-refractivity contribution in [2.24, 2.45) is 0 Å². The molecule has 154 valence electrons. The Kier molecular flexibility index (Phi) is 5.93. The summed E-state index contributed by atoms with van der Waals surface area (Å²) in [6.45, 7) is 1.71. The fraction of sp³-hybridized carbons (Fsp3) is 0.280. The second-order valence-electron chi connectivity index (χ2n) is 7.79. The molecule has 5 heteroatoms. The number of pyridine rings is 1. The topological polar surface area (TPSA) is 79.7 Å². The van der Waals surface area contributed by atoms with Crippen molar-refractivity contribution in [3.8, 4) is 16.9 Å². The lowest BCUT2D eigenvalue weighted by Gasteiger charge is -2.30. The number of aliphatic hydroxyl groups excluding tert-OH is 2. The van der Waals surface area contributed by atoms with Gasteiger partial charge in [-0.1, -0.05) is 49.4 Å². The standard InChI is InChI=1S/C25H25NO4/c1-16(17-5-3-2-4-6-17)11-23(29)18-7-8-20-21-9-10-26-14-25(21)30-24(22(20)12-18)13-19(28)15-27/h2-10,12,14,16,19,24,27-28H,11,13,15H2,1H3/t16-,19?,24?/m0/s1. The van der Waals surface area contributed by atoms with E-state index >= 15 is 0 Å². The minimum Gasteiger partial charge on any atom is -0.483 e. The summed E-state index contributed by atoms with van der Waals surface area (Å²) in [6.07, 6.45) is 2.63. The Bertz CT molecular complexity index is 1030. The van der Waals surface area contributed by atoms with Crippen LogP contribution < -0.4 is 4.74 Å². The first-order valence-electron chi connectivity index (χ1n) is 10.2. The number of carbonyl (C=O) groups excluding carboxylic acids is 1. The van der Waals surface area contributed by atoms with E-state index < -0.39 is 12.2 Å². The number of fused-ring (bicyclic) bond motifs is 3. The van der Waals surface area contributed by atoms with Gasteiger partial charge in [-0.3, -0.25) is 9.78 Å². The van der Waals surface area contributed by atoms with Crippen LogP contribution in [0.2, 0.25) is 0 Å². The lowest BCUT2D eigenvalue weighted by molar-refractivity contribution is 0.0488. The number of rotatable bonds is 7. The van der Waals surface area contributed by atoms with Gasteiger partial charge in [0.25, 0.3) is 0 Å². The molecule has 0 saturated heterocycles. The molecular weight excluding hydrogens is 378 g/mol. The molecule has 2 heterocycles. The van der Waals surface area contributed by atoms with Crippen LogP contribution in [0.1, 0.15) is 53.3 Å². The fourth-order valence-corrected chi connectivity index (χ4v) is 3.95. The monoisotopic (exact) mass is 403 g/mol. The van der Waals surface area contributed by atoms with Gasteiger partial charge in [-0.2, -0.15) is 0 Å². The molecule has 3 atom stereocenters. The molecule has 0 bridgehead atoms. The normalized spacial score (nSPS) is 16.7. The predicted molar refractivity (Wildman–Crippen MR) is 115 cm³/mol. The van der Waals surface area contributed by atoms with Gasteiger partial charge in [0.1, 0.15) is 11.9 Å². The van der Waals surface area contributed by atoms with Crippen molar-refractivity contribution < 1.29 is 19.7 Å². The van der Waals surface area contributed by atoms with Gasteiger partial charge in [0.15, 0.2) is 5.78 Å². The van der Waals surface area contributed by atoms with Crippen molar-refractivity contribution in [3.05, 3.63) is 83.7 Å². The van der Waals surface area contributed by atoms with E-state index in [0.29, 0.717) is 17.7 Å². The molecule has 30 heavy (non-hydrogen) atoms. The highest BCUT2D eigenvalue weighted by Gasteiger charge is 2.29. The fourth-order valence-electron chi connectivity index (χ4n) is 3.95. The number of carbonyl (C=O) groups is 1. The Balaban J connectivity index is 1.64. The zero-order chi connectivity index (χ0) is 21.1. The molecular formula is C25H25NO4. The Morgan fingerprint density at radius 3 is 2.70 bits per heavy atom. The molecule has 0 amide bonds. The van der Waals surface area contributed by atoms with Gasteiger partial charge in [0, 0.05) is 35.7 Å². The van der Waals surface area contributed by atoms with E-state index in [0.717, 1.165) is 22.3 Å². The minimum atomic E-state index is -0.904. The number of hydrogen-bond acceptors (Lipinski definition) is 5. The zero-order valence-electron chi connectivity index (χ0n) is 16.9. The van der Waals surface area contributed by atoms with E-state index in [1.165, 1.54) is 0 Å². The quantitative estimate of drug-likeness (QED) is 0.575. The van der Waals surface area contributed by atoms with Crippen molar-refractivity contribution in [3.63, 3.8) is 0 Å². The van der Waals surface area contributed by atoms with Gasteiger partial charge < -0.3 is 14.9 Å². The summed E-state index contributed by atoms with van der Waals surface area (Å²) in [4.78, 5) is 17.1. The largest absolute Gasteiger partial charge is 0.483 e. The molecule has 2 aromatic carbocycles. The molecule has 3 aromatic rings. The number of nitrogens with zero attached hydrogens (tertiary/aromatic N) is 1. The van der Waals surface area contributed by atoms with Crippen molar-refractivity contribution in [1.82, 2.24) is 4.98 Å². The minimum absolute atomic E-state index is 0.0659. The SMILES string of the molecule is C[C@@H](CC(=O)c1ccc2c(c1)C(CC(O)CO)Oc1cnccc1-2)c1ccccc1. The third-order valence-electron chi connectivity index (χ3n) is 5.62. The summed E-state index contributed by atoms with van der Waals surface area (Å²) in [5.41, 5.74) is 4.48. The third-order valence-corrected chi connectivity index (χ3v) is 5.62. The van der Waals surface area contributed by atoms with Crippen LogP contribution in [0.5, 0.6) is 5.75 Å². The first kappa shape index (κ1) is 20.3. The van der Waals surface area contributed by atoms with Crippen LogP contribution in [-0.2, 0) is 0 Å². The van der Waals surface area contributed by atoms with Gasteiger partial charge >= 0.3 is 0 Å². The lowest BCUT2D eigenvalue weighted by atomic mass is 9.87. The van der Waals surface area contributed by atoms with E-state index in [1.807, 2.05) is 54.6 Å². The van der Waals surface area contributed by atoms with Crippen molar-refractivity contribution >= 4 is 5.78 Å². The smallest absolute Gasteiger partial charge is 0.163 e. The maximum absolute atomic E-state index is 13.0. The first-order chi connectivity index (χ1) is 14.6. The van der Waals surface area contributed by atoms with Gasteiger partial charge in [-0.25, -0.2) is 0 Å². The van der Waals surface area contributed by atoms with Gasteiger partial charge in [-0.15, -0.1) is 0 Å². The van der Waals surface area contributed by atoms with Crippen LogP contribution in [0.15, 0.2) is 67.0 Å². The molecule has 1 aromatic heterocycles. The van der Waals surface area contributed by atoms with Crippen molar-refractivity contribution in [2.75, 3.05) is 6.61 Å². The maximum atomic E-state index is 13.0. The number of aromatic nitrogens is 1. The Hall–Kier alpha value is -3.02. The summed E-state index contributed by atoms with van der Waals surface area (Å²) >= 11 is 0. The number of benzene rings is 2. The number of aliphatic hydroxyl groups is 2. The predicted octanol–water partition coefficient (Wildman–Crippen LogP) is 4.30. The highest BCUT2D eigenvalue weighted by Crippen LogP contribution is 2.43. The van der Waals surface area contributed by atoms with Crippen LogP contribution in [0.3, 0.4) is 0 Å². The van der Waals surface area contributed by atoms with Gasteiger partial charge in [0.2, 0.25) is 0 Å². The second kappa shape index (κ2) is 8.78. The Labute approximate surface area is 176 Å². The third kappa shape index (κ3) is 4.13. The molecule has 0 aliphatic carbocycles. The van der Waals surface area contributed by atoms with Crippen LogP contribution in [0.4, 0.5) is 0 Å². The van der Waals surface area contributed by atoms with E-state index in [-0.39, 0.29) is 24.7 Å². The van der Waals surface area contributed by atoms with Crippen LogP contribution in [0, 0.1) is 0 Å². The second-order valence-corrected chi connectivity index (χ2v) is 7.79. The maximum Gasteiger partial charge on any atom is 0.163 e. The molecule has 5 nitrogen and oxygen atoms in total. The molecule has 0 saturated carbocycles. The molecule has 2 unspecified atom stereocenters. The van der Waals surface area contributed by atoms with E-state index in [1.54, 1.807) is 12.4 Å². The summed E-state index contributed by atoms with van der Waals surface area (Å²) in [5, 5.41) is 19.3. The highest BCUT2D eigenvalue weighted by atomic mass is 16.5. The Morgan fingerprint density at radius 2 is 1.93 bits per heavy atom. The van der Waals surface area contributed by atoms with Gasteiger partial charge in [0.05, 0.1) is 18.9 Å². The summed E-state index contributed by atoms with van der Waals surface area (Å²) in [5.74, 6) is 0.817. The summed E-state index contributed by atoms with van der Waals surface area (Å²) in [6, 6.07) is 17.6. The molecule has 0 fully saturated rings. The summed E-state index contributed by atoms with van der Waals surface area (Å²) in [7, 11) is 0. The molecule has 0 radical (unpaired) electrons. The Morgan fingerprint density at radius 1 is 1.13 bits per heavy atom. The molecule has 2 N–H and O–H groups in total. The molecule has 0 spiro atoms. The molecule has 1 aliphatic rings. The van der Waals surface area contributed by atoms with Crippen molar-refractivity contribution in [2.45, 2.75) is 37.9 Å². The van der Waals surface area contributed by atoms with E-state index in [4.69, 9.17) is 4.74 Å². The van der Waals surface area contributed by atoms with E-state index in [9.17, 15) is 15.0 Å². The van der Waals surface area contributed by atoms with E-state index in [2.05, 4.69) is 11.9 Å². The van der Waals surface area contributed by atoms with Crippen LogP contribution >= 0.6 is 0 Å². The summed E-state index contributed by atoms with van der Waals surface area (Å²) < 4.78 is 6.07. The van der Waals surface area contributed by atoms with Crippen molar-refractivity contribution in [1.29, 1.82) is 0 Å². The zero-order valence-corrected chi connectivity index (χ0v) is 16.9. The lowest BCUT2D eigenvalue weighted by Crippen LogP contribution is -2.23. The van der Waals surface area contributed by atoms with Gasteiger partial charge in [-0.05, 0) is 29.2 Å². The average Bonchev–Trinajstić information content (AvgIpc) is 2.79. The number of ketones is 1. The molecule has 4 rings (SSSR count). The average molecular weight is 403 g/mol. The van der Waals surface area contributed by atoms with Crippen LogP contribution in [-0.4, -0.2) is 33.7 Å². The highest BCUT2D eigenvalue weighted by molar-refractivity contribution is 5.97. The number of hydrogen-bond donors (Lipinski definition) is 2. The van der Waals surface area contributed by atoms with Crippen LogP contribution in [0.25, 0.3) is 11.1 Å².